The summed E-state index contributed by atoms with van der Waals surface area (Å²) in [6, 6.07) is 13.5. The van der Waals surface area contributed by atoms with Gasteiger partial charge in [0.1, 0.15) is 17.8 Å². The summed E-state index contributed by atoms with van der Waals surface area (Å²) in [6.45, 7) is 2.14. The van der Waals surface area contributed by atoms with Crippen molar-refractivity contribution in [3.05, 3.63) is 78.4 Å². The highest BCUT2D eigenvalue weighted by atomic mass is 16.1. The van der Waals surface area contributed by atoms with Gasteiger partial charge in [-0.3, -0.25) is 4.79 Å². The second-order valence-electron chi connectivity index (χ2n) is 6.66. The van der Waals surface area contributed by atoms with Crippen molar-refractivity contribution in [1.82, 2.24) is 24.1 Å². The quantitative estimate of drug-likeness (QED) is 0.593. The highest BCUT2D eigenvalue weighted by Crippen LogP contribution is 2.22. The molecule has 7 heteroatoms. The van der Waals surface area contributed by atoms with Gasteiger partial charge in [-0.15, -0.1) is 10.2 Å². The molecule has 0 fully saturated rings. The largest absolute Gasteiger partial charge is 0.321 e. The van der Waals surface area contributed by atoms with Gasteiger partial charge in [-0.2, -0.15) is 0 Å². The molecule has 136 valence electrons. The van der Waals surface area contributed by atoms with E-state index in [1.54, 1.807) is 18.7 Å². The van der Waals surface area contributed by atoms with Crippen LogP contribution in [0.5, 0.6) is 0 Å². The molecule has 0 aliphatic rings. The first-order chi connectivity index (χ1) is 13.1. The van der Waals surface area contributed by atoms with Gasteiger partial charge >= 0.3 is 0 Å². The van der Waals surface area contributed by atoms with Crippen molar-refractivity contribution in [1.29, 1.82) is 0 Å². The zero-order valence-corrected chi connectivity index (χ0v) is 15.2. The van der Waals surface area contributed by atoms with Gasteiger partial charge in [-0.1, -0.05) is 19.1 Å². The molecule has 1 aromatic carbocycles. The lowest BCUT2D eigenvalue weighted by Gasteiger charge is -2.13. The molecule has 0 bridgehead atoms. The van der Waals surface area contributed by atoms with E-state index in [9.17, 15) is 4.79 Å². The van der Waals surface area contributed by atoms with Crippen LogP contribution >= 0.6 is 0 Å². The maximum Gasteiger partial charge on any atom is 0.274 e. The van der Waals surface area contributed by atoms with Gasteiger partial charge in [0, 0.05) is 30.9 Å². The van der Waals surface area contributed by atoms with Crippen molar-refractivity contribution in [3.63, 3.8) is 0 Å². The number of fused-ring (bicyclic) bond motifs is 1. The van der Waals surface area contributed by atoms with E-state index in [2.05, 4.69) is 33.5 Å². The third kappa shape index (κ3) is 3.57. The Labute approximate surface area is 156 Å². The van der Waals surface area contributed by atoms with Gasteiger partial charge in [0.15, 0.2) is 0 Å². The number of anilines is 1. The number of benzene rings is 1. The Morgan fingerprint density at radius 1 is 1.19 bits per heavy atom. The molecule has 1 atom stereocenters. The Balaban J connectivity index is 1.50. The summed E-state index contributed by atoms with van der Waals surface area (Å²) in [6.07, 6.45) is 6.02. The monoisotopic (exact) mass is 360 g/mol. The number of aryl methyl sites for hydroxylation is 1. The van der Waals surface area contributed by atoms with Gasteiger partial charge in [-0.25, -0.2) is 4.98 Å². The summed E-state index contributed by atoms with van der Waals surface area (Å²) in [5, 5.41) is 11.0. The van der Waals surface area contributed by atoms with Crippen LogP contribution in [0, 0.1) is 0 Å². The van der Waals surface area contributed by atoms with Gasteiger partial charge < -0.3 is 14.3 Å². The van der Waals surface area contributed by atoms with Crippen LogP contribution in [0.2, 0.25) is 0 Å². The molecule has 3 aromatic heterocycles. The molecule has 27 heavy (non-hydrogen) atoms. The Kier molecular flexibility index (Phi) is 4.42. The SMILES string of the molecule is C[C@H](Cc1nncn1C)c1cccc(NC(=O)c2cc3cccn3cn2)c1. The topological polar surface area (TPSA) is 77.1 Å². The molecule has 0 aliphatic carbocycles. The molecule has 1 N–H and O–H groups in total. The van der Waals surface area contributed by atoms with Crippen LogP contribution < -0.4 is 5.32 Å². The second-order valence-corrected chi connectivity index (χ2v) is 6.66. The van der Waals surface area contributed by atoms with Gasteiger partial charge in [0.05, 0.1) is 6.33 Å². The third-order valence-electron chi connectivity index (χ3n) is 4.66. The van der Waals surface area contributed by atoms with E-state index in [1.807, 2.05) is 52.5 Å². The number of hydrogen-bond acceptors (Lipinski definition) is 4. The van der Waals surface area contributed by atoms with Crippen molar-refractivity contribution in [2.45, 2.75) is 19.3 Å². The molecule has 0 unspecified atom stereocenters. The van der Waals surface area contributed by atoms with Crippen molar-refractivity contribution in [3.8, 4) is 0 Å². The lowest BCUT2D eigenvalue weighted by Crippen LogP contribution is -2.14. The lowest BCUT2D eigenvalue weighted by molar-refractivity contribution is 0.102. The smallest absolute Gasteiger partial charge is 0.274 e. The minimum atomic E-state index is -0.225. The van der Waals surface area contributed by atoms with Gasteiger partial charge in [-0.05, 0) is 41.8 Å². The van der Waals surface area contributed by atoms with Crippen LogP contribution in [0.1, 0.15) is 34.7 Å². The summed E-state index contributed by atoms with van der Waals surface area (Å²) < 4.78 is 3.79. The van der Waals surface area contributed by atoms with E-state index in [0.29, 0.717) is 5.69 Å². The van der Waals surface area contributed by atoms with E-state index in [4.69, 9.17) is 0 Å². The fourth-order valence-corrected chi connectivity index (χ4v) is 3.06. The molecule has 4 aromatic rings. The van der Waals surface area contributed by atoms with Crippen molar-refractivity contribution >= 4 is 17.1 Å². The number of hydrogen-bond donors (Lipinski definition) is 1. The van der Waals surface area contributed by atoms with Crippen LogP contribution in [0.4, 0.5) is 5.69 Å². The fraction of sp³-hybridized carbons (Fsp3) is 0.200. The molecule has 0 saturated heterocycles. The first-order valence-electron chi connectivity index (χ1n) is 8.77. The molecule has 0 aliphatic heterocycles. The van der Waals surface area contributed by atoms with Gasteiger partial charge in [0.25, 0.3) is 5.91 Å². The Hall–Kier alpha value is -3.48. The lowest BCUT2D eigenvalue weighted by atomic mass is 9.97. The maximum atomic E-state index is 12.6. The number of rotatable bonds is 5. The molecule has 3 heterocycles. The number of aromatic nitrogens is 5. The molecule has 1 amide bonds. The van der Waals surface area contributed by atoms with Crippen LogP contribution in [0.25, 0.3) is 5.52 Å². The van der Waals surface area contributed by atoms with Gasteiger partial charge in [0.2, 0.25) is 0 Å². The molecular formula is C20H20N6O. The van der Waals surface area contributed by atoms with E-state index in [0.717, 1.165) is 29.0 Å². The van der Waals surface area contributed by atoms with Crippen molar-refractivity contribution in [2.75, 3.05) is 5.32 Å². The van der Waals surface area contributed by atoms with E-state index in [1.165, 1.54) is 0 Å². The zero-order chi connectivity index (χ0) is 18.8. The summed E-state index contributed by atoms with van der Waals surface area (Å²) >= 11 is 0. The number of carbonyl (C=O) groups is 1. The standard InChI is InChI=1S/C20H20N6O/c1-14(9-19-24-22-13-25(19)2)15-5-3-6-16(10-15)23-20(27)18-11-17-7-4-8-26(17)12-21-18/h3-8,10-14H,9H2,1-2H3,(H,23,27)/t14-/m1/s1. The average Bonchev–Trinajstić information content (AvgIpc) is 3.30. The Morgan fingerprint density at radius 2 is 2.07 bits per heavy atom. The predicted octanol–water partition coefficient (Wildman–Crippen LogP) is 3.06. The highest BCUT2D eigenvalue weighted by molar-refractivity contribution is 6.03. The molecule has 7 nitrogen and oxygen atoms in total. The Morgan fingerprint density at radius 3 is 2.89 bits per heavy atom. The molecule has 0 radical (unpaired) electrons. The van der Waals surface area contributed by atoms with E-state index in [-0.39, 0.29) is 11.8 Å². The minimum Gasteiger partial charge on any atom is -0.321 e. The number of carbonyl (C=O) groups excluding carboxylic acids is 1. The molecule has 4 rings (SSSR count). The van der Waals surface area contributed by atoms with Crippen LogP contribution in [0.15, 0.2) is 61.3 Å². The van der Waals surface area contributed by atoms with Crippen LogP contribution in [0.3, 0.4) is 0 Å². The first-order valence-corrected chi connectivity index (χ1v) is 8.77. The van der Waals surface area contributed by atoms with Crippen LogP contribution in [-0.2, 0) is 13.5 Å². The number of nitrogens with zero attached hydrogens (tertiary/aromatic N) is 5. The Bertz CT molecular complexity index is 1100. The first kappa shape index (κ1) is 17.0. The van der Waals surface area contributed by atoms with E-state index >= 15 is 0 Å². The maximum absolute atomic E-state index is 12.6. The molecule has 0 spiro atoms. The van der Waals surface area contributed by atoms with Crippen LogP contribution in [-0.4, -0.2) is 30.1 Å². The third-order valence-corrected chi connectivity index (χ3v) is 4.66. The van der Waals surface area contributed by atoms with Crippen molar-refractivity contribution in [2.24, 2.45) is 7.05 Å². The van der Waals surface area contributed by atoms with Crippen molar-refractivity contribution < 1.29 is 4.79 Å². The molecular weight excluding hydrogens is 340 g/mol. The second kappa shape index (κ2) is 7.03. The fourth-order valence-electron chi connectivity index (χ4n) is 3.06. The number of amides is 1. The number of nitrogens with one attached hydrogen (secondary N) is 1. The summed E-state index contributed by atoms with van der Waals surface area (Å²) in [5.74, 6) is 0.957. The summed E-state index contributed by atoms with van der Waals surface area (Å²) in [7, 11) is 1.94. The summed E-state index contributed by atoms with van der Waals surface area (Å²) in [5.41, 5.74) is 3.20. The predicted molar refractivity (Wildman–Crippen MR) is 103 cm³/mol. The highest BCUT2D eigenvalue weighted by Gasteiger charge is 2.13. The average molecular weight is 360 g/mol. The minimum absolute atomic E-state index is 0.225. The normalized spacial score (nSPS) is 12.2. The molecule has 0 saturated carbocycles. The van der Waals surface area contributed by atoms with E-state index < -0.39 is 0 Å². The zero-order valence-electron chi connectivity index (χ0n) is 15.2. The summed E-state index contributed by atoms with van der Waals surface area (Å²) in [4.78, 5) is 16.8.